The molecule has 1 aromatic rings. The molecular weight excluding hydrogens is 222 g/mol. The van der Waals surface area contributed by atoms with Gasteiger partial charge in [0.2, 0.25) is 11.8 Å². The van der Waals surface area contributed by atoms with E-state index in [1.54, 1.807) is 6.92 Å². The highest BCUT2D eigenvalue weighted by Crippen LogP contribution is 2.26. The maximum absolute atomic E-state index is 10.9. The van der Waals surface area contributed by atoms with Crippen LogP contribution >= 0.6 is 0 Å². The molecule has 0 unspecified atom stereocenters. The number of hydrogen-bond acceptors (Lipinski definition) is 6. The fraction of sp³-hybridized carbons (Fsp3) is 0.600. The van der Waals surface area contributed by atoms with Crippen LogP contribution in [0.5, 0.6) is 0 Å². The van der Waals surface area contributed by atoms with Gasteiger partial charge in [-0.15, -0.1) is 0 Å². The molecule has 0 aromatic carbocycles. The molecule has 0 aliphatic carbocycles. The lowest BCUT2D eigenvalue weighted by Crippen LogP contribution is -2.11. The second-order valence-corrected chi connectivity index (χ2v) is 3.54. The lowest BCUT2D eigenvalue weighted by Gasteiger charge is -2.09. The number of nitrogens with one attached hydrogen (secondary N) is 2. The van der Waals surface area contributed by atoms with E-state index < -0.39 is 4.92 Å². The second-order valence-electron chi connectivity index (χ2n) is 3.54. The van der Waals surface area contributed by atoms with Gasteiger partial charge in [-0.05, 0) is 20.3 Å². The fourth-order valence-corrected chi connectivity index (χ4v) is 1.39. The van der Waals surface area contributed by atoms with Crippen molar-refractivity contribution in [3.05, 3.63) is 15.8 Å². The molecule has 0 radical (unpaired) electrons. The zero-order chi connectivity index (χ0) is 12.8. The van der Waals surface area contributed by atoms with Crippen LogP contribution in [-0.2, 0) is 0 Å². The highest BCUT2D eigenvalue weighted by atomic mass is 16.6. The fourth-order valence-electron chi connectivity index (χ4n) is 1.39. The van der Waals surface area contributed by atoms with Crippen LogP contribution in [0.3, 0.4) is 0 Å². The van der Waals surface area contributed by atoms with Gasteiger partial charge in [-0.3, -0.25) is 10.1 Å². The zero-order valence-corrected chi connectivity index (χ0v) is 10.3. The molecule has 0 aliphatic rings. The van der Waals surface area contributed by atoms with E-state index in [9.17, 15) is 10.1 Å². The molecule has 1 aromatic heterocycles. The van der Waals surface area contributed by atoms with E-state index in [-0.39, 0.29) is 11.5 Å². The molecular formula is C10H17N5O2. The number of aromatic nitrogens is 2. The van der Waals surface area contributed by atoms with Gasteiger partial charge in [-0.25, -0.2) is 4.98 Å². The Hall–Kier alpha value is -1.92. The highest BCUT2D eigenvalue weighted by Gasteiger charge is 2.21. The summed E-state index contributed by atoms with van der Waals surface area (Å²) in [4.78, 5) is 18.6. The van der Waals surface area contributed by atoms with Gasteiger partial charge >= 0.3 is 5.69 Å². The number of rotatable bonds is 6. The van der Waals surface area contributed by atoms with Gasteiger partial charge in [0.1, 0.15) is 5.69 Å². The van der Waals surface area contributed by atoms with Crippen molar-refractivity contribution in [2.75, 3.05) is 23.7 Å². The van der Waals surface area contributed by atoms with Crippen molar-refractivity contribution in [3.63, 3.8) is 0 Å². The second kappa shape index (κ2) is 5.97. The lowest BCUT2D eigenvalue weighted by atomic mass is 10.3. The molecule has 0 aliphatic heterocycles. The Balaban J connectivity index is 3.14. The van der Waals surface area contributed by atoms with E-state index in [4.69, 9.17) is 0 Å². The Morgan fingerprint density at radius 3 is 2.53 bits per heavy atom. The summed E-state index contributed by atoms with van der Waals surface area (Å²) >= 11 is 0. The van der Waals surface area contributed by atoms with Crippen LogP contribution in [0.1, 0.15) is 26.0 Å². The predicted octanol–water partition coefficient (Wildman–Crippen LogP) is 1.95. The van der Waals surface area contributed by atoms with E-state index >= 15 is 0 Å². The molecule has 0 bridgehead atoms. The Kier molecular flexibility index (Phi) is 4.62. The molecule has 0 spiro atoms. The van der Waals surface area contributed by atoms with E-state index in [1.807, 2.05) is 13.8 Å². The first kappa shape index (κ1) is 13.1. The monoisotopic (exact) mass is 239 g/mol. The molecule has 0 fully saturated rings. The first-order valence-electron chi connectivity index (χ1n) is 5.60. The summed E-state index contributed by atoms with van der Waals surface area (Å²) in [5.74, 6) is 0.689. The largest absolute Gasteiger partial charge is 0.364 e. The first-order valence-corrected chi connectivity index (χ1v) is 5.60. The van der Waals surface area contributed by atoms with Crippen LogP contribution in [0.4, 0.5) is 17.5 Å². The summed E-state index contributed by atoms with van der Waals surface area (Å²) in [6.07, 6.45) is 0.872. The molecule has 7 heteroatoms. The van der Waals surface area contributed by atoms with Crippen LogP contribution in [0, 0.1) is 17.0 Å². The smallest absolute Gasteiger partial charge is 0.332 e. The number of nitro groups is 1. The highest BCUT2D eigenvalue weighted by molar-refractivity contribution is 5.60. The summed E-state index contributed by atoms with van der Waals surface area (Å²) in [6.45, 7) is 6.82. The zero-order valence-electron chi connectivity index (χ0n) is 10.3. The average molecular weight is 239 g/mol. The van der Waals surface area contributed by atoms with Gasteiger partial charge < -0.3 is 10.6 Å². The van der Waals surface area contributed by atoms with E-state index in [2.05, 4.69) is 20.6 Å². The average Bonchev–Trinajstić information content (AvgIpc) is 2.25. The quantitative estimate of drug-likeness (QED) is 0.582. The first-order chi connectivity index (χ1) is 8.10. The van der Waals surface area contributed by atoms with Crippen LogP contribution in [0.2, 0.25) is 0 Å². The molecule has 0 atom stereocenters. The summed E-state index contributed by atoms with van der Waals surface area (Å²) < 4.78 is 0. The maximum Gasteiger partial charge on any atom is 0.332 e. The molecule has 94 valence electrons. The predicted molar refractivity (Wildman–Crippen MR) is 66.4 cm³/mol. The minimum absolute atomic E-state index is 0.0555. The number of hydrogen-bond donors (Lipinski definition) is 2. The lowest BCUT2D eigenvalue weighted by molar-refractivity contribution is -0.385. The van der Waals surface area contributed by atoms with Gasteiger partial charge in [0.25, 0.3) is 0 Å². The van der Waals surface area contributed by atoms with Crippen molar-refractivity contribution >= 4 is 17.5 Å². The molecule has 0 amide bonds. The van der Waals surface area contributed by atoms with Crippen LogP contribution < -0.4 is 10.6 Å². The van der Waals surface area contributed by atoms with Gasteiger partial charge in [-0.2, -0.15) is 4.98 Å². The van der Waals surface area contributed by atoms with Crippen LogP contribution in [0.25, 0.3) is 0 Å². The van der Waals surface area contributed by atoms with Crippen LogP contribution in [-0.4, -0.2) is 28.0 Å². The number of anilines is 2. The van der Waals surface area contributed by atoms with E-state index in [0.717, 1.165) is 6.42 Å². The van der Waals surface area contributed by atoms with Gasteiger partial charge in [0.15, 0.2) is 0 Å². The summed E-state index contributed by atoms with van der Waals surface area (Å²) in [5, 5.41) is 16.8. The third-order valence-electron chi connectivity index (χ3n) is 2.12. The number of aryl methyl sites for hydroxylation is 1. The summed E-state index contributed by atoms with van der Waals surface area (Å²) in [6, 6.07) is 0. The van der Waals surface area contributed by atoms with Crippen molar-refractivity contribution in [1.29, 1.82) is 0 Å². The Labute approximate surface area is 99.8 Å². The minimum atomic E-state index is -0.455. The third-order valence-corrected chi connectivity index (χ3v) is 2.12. The van der Waals surface area contributed by atoms with Crippen molar-refractivity contribution in [2.24, 2.45) is 0 Å². The standard InChI is InChI=1S/C10H17N5O2/c1-4-6-12-9-8(15(16)17)7(3)13-10(14-9)11-5-2/h4-6H2,1-3H3,(H2,11,12,13,14). The van der Waals surface area contributed by atoms with Crippen LogP contribution in [0.15, 0.2) is 0 Å². The molecule has 1 heterocycles. The third kappa shape index (κ3) is 3.27. The molecule has 7 nitrogen and oxygen atoms in total. The number of nitrogens with zero attached hydrogens (tertiary/aromatic N) is 3. The molecule has 2 N–H and O–H groups in total. The SMILES string of the molecule is CCCNc1nc(NCC)nc(C)c1[N+](=O)[O-]. The Bertz CT molecular complexity index is 408. The van der Waals surface area contributed by atoms with Crippen molar-refractivity contribution in [2.45, 2.75) is 27.2 Å². The minimum Gasteiger partial charge on any atom is -0.364 e. The van der Waals surface area contributed by atoms with Gasteiger partial charge in [0.05, 0.1) is 4.92 Å². The Morgan fingerprint density at radius 2 is 2.00 bits per heavy atom. The van der Waals surface area contributed by atoms with Gasteiger partial charge in [-0.1, -0.05) is 6.92 Å². The molecule has 0 saturated heterocycles. The molecule has 0 saturated carbocycles. The van der Waals surface area contributed by atoms with E-state index in [1.165, 1.54) is 0 Å². The van der Waals surface area contributed by atoms with Gasteiger partial charge in [0, 0.05) is 13.1 Å². The summed E-state index contributed by atoms with van der Waals surface area (Å²) in [5.41, 5.74) is 0.305. The van der Waals surface area contributed by atoms with Crippen molar-refractivity contribution in [3.8, 4) is 0 Å². The summed E-state index contributed by atoms with van der Waals surface area (Å²) in [7, 11) is 0. The van der Waals surface area contributed by atoms with Crippen molar-refractivity contribution in [1.82, 2.24) is 9.97 Å². The Morgan fingerprint density at radius 1 is 1.29 bits per heavy atom. The normalized spacial score (nSPS) is 10.1. The van der Waals surface area contributed by atoms with Crippen molar-refractivity contribution < 1.29 is 4.92 Å². The maximum atomic E-state index is 10.9. The molecule has 1 rings (SSSR count). The molecule has 17 heavy (non-hydrogen) atoms. The van der Waals surface area contributed by atoms with E-state index in [0.29, 0.717) is 24.7 Å². The topological polar surface area (TPSA) is 93.0 Å².